The average Bonchev–Trinajstić information content (AvgIpc) is 3.90. The number of halogens is 1. The highest BCUT2D eigenvalue weighted by Gasteiger charge is 2.16. The molecule has 0 saturated carbocycles. The lowest BCUT2D eigenvalue weighted by atomic mass is 10.1. The largest absolute Gasteiger partial charge is 0.383 e. The highest BCUT2D eigenvalue weighted by atomic mass is 35.5. The van der Waals surface area contributed by atoms with Gasteiger partial charge in [0.2, 0.25) is 11.8 Å². The van der Waals surface area contributed by atoms with Crippen molar-refractivity contribution < 1.29 is 14.3 Å². The van der Waals surface area contributed by atoms with E-state index in [9.17, 15) is 9.59 Å². The Bertz CT molecular complexity index is 2170. The third-order valence-electron chi connectivity index (χ3n) is 9.49. The molecule has 0 radical (unpaired) electrons. The van der Waals surface area contributed by atoms with Gasteiger partial charge in [-0.3, -0.25) is 18.7 Å². The van der Waals surface area contributed by atoms with Crippen LogP contribution in [-0.2, 0) is 39.5 Å². The Morgan fingerprint density at radius 1 is 0.639 bits per heavy atom. The summed E-state index contributed by atoms with van der Waals surface area (Å²) in [6, 6.07) is 38.3. The summed E-state index contributed by atoms with van der Waals surface area (Å²) in [7, 11) is 1.62. The molecule has 322 valence electrons. The van der Waals surface area contributed by atoms with E-state index in [1.54, 1.807) is 30.6 Å². The second-order valence-corrected chi connectivity index (χ2v) is 16.7. The molecule has 0 aliphatic rings. The zero-order chi connectivity index (χ0) is 42.9. The average molecular weight is 882 g/mol. The molecule has 0 atom stereocenters. The Labute approximate surface area is 373 Å². The summed E-state index contributed by atoms with van der Waals surface area (Å²) in [6.45, 7) is 3.84. The van der Waals surface area contributed by atoms with Crippen LogP contribution in [0.3, 0.4) is 0 Å². The molecular weight excluding hydrogens is 824 g/mol. The summed E-state index contributed by atoms with van der Waals surface area (Å²) in [5.74, 6) is 3.83. The SMILES string of the molecule is CCCCSc1nnc(CCCCC(=O)NCCOC)n1-c1cccc(Cl)c1.O=C(CCCCc1nnc(SCc2ccccc2)n1-c1ccccc1)NCc1ccccc1. The molecule has 0 aliphatic heterocycles. The van der Waals surface area contributed by atoms with Crippen molar-refractivity contribution in [1.29, 1.82) is 0 Å². The number of aryl methyl sites for hydroxylation is 2. The van der Waals surface area contributed by atoms with E-state index in [1.165, 1.54) is 5.56 Å². The number of unbranched alkanes of at least 4 members (excludes halogenated alkanes) is 3. The van der Waals surface area contributed by atoms with Gasteiger partial charge in [0.1, 0.15) is 11.6 Å². The summed E-state index contributed by atoms with van der Waals surface area (Å²) < 4.78 is 9.16. The first-order valence-electron chi connectivity index (χ1n) is 21.0. The van der Waals surface area contributed by atoms with E-state index in [4.69, 9.17) is 16.3 Å². The first kappa shape index (κ1) is 47.1. The van der Waals surface area contributed by atoms with Gasteiger partial charge in [-0.05, 0) is 73.6 Å². The molecule has 11 nitrogen and oxygen atoms in total. The van der Waals surface area contributed by atoms with E-state index in [2.05, 4.69) is 83.5 Å². The molecule has 0 bridgehead atoms. The Morgan fingerprint density at radius 2 is 1.20 bits per heavy atom. The number of methoxy groups -OCH3 is 1. The summed E-state index contributed by atoms with van der Waals surface area (Å²) in [5.41, 5.74) is 4.41. The topological polar surface area (TPSA) is 129 Å². The van der Waals surface area contributed by atoms with Crippen molar-refractivity contribution >= 4 is 46.9 Å². The summed E-state index contributed by atoms with van der Waals surface area (Å²) in [6.07, 6.45) is 8.23. The number of hydrogen-bond acceptors (Lipinski definition) is 9. The van der Waals surface area contributed by atoms with E-state index in [0.717, 1.165) is 102 Å². The van der Waals surface area contributed by atoms with E-state index >= 15 is 0 Å². The molecule has 2 aromatic heterocycles. The fraction of sp³-hybridized carbons (Fsp3) is 0.362. The van der Waals surface area contributed by atoms with E-state index < -0.39 is 0 Å². The first-order valence-corrected chi connectivity index (χ1v) is 23.4. The molecule has 0 spiro atoms. The number of carbonyl (C=O) groups excluding carboxylic acids is 2. The van der Waals surface area contributed by atoms with Crippen LogP contribution in [0.1, 0.15) is 81.1 Å². The quantitative estimate of drug-likeness (QED) is 0.0451. The van der Waals surface area contributed by atoms with Crippen LogP contribution in [0.4, 0.5) is 0 Å². The predicted molar refractivity (Wildman–Crippen MR) is 248 cm³/mol. The molecule has 0 fully saturated rings. The maximum atomic E-state index is 12.2. The second kappa shape index (κ2) is 27.1. The molecule has 0 saturated heterocycles. The lowest BCUT2D eigenvalue weighted by Crippen LogP contribution is -2.26. The van der Waals surface area contributed by atoms with Gasteiger partial charge in [0.05, 0.1) is 12.3 Å². The van der Waals surface area contributed by atoms with E-state index in [-0.39, 0.29) is 11.8 Å². The van der Waals surface area contributed by atoms with Crippen molar-refractivity contribution in [2.24, 2.45) is 0 Å². The van der Waals surface area contributed by atoms with Crippen molar-refractivity contribution in [2.75, 3.05) is 26.0 Å². The van der Waals surface area contributed by atoms with Crippen molar-refractivity contribution in [2.45, 2.75) is 93.7 Å². The molecule has 6 rings (SSSR count). The minimum Gasteiger partial charge on any atom is -0.383 e. The molecule has 0 aliphatic carbocycles. The van der Waals surface area contributed by atoms with Crippen LogP contribution in [0, 0.1) is 0 Å². The third-order valence-corrected chi connectivity index (χ3v) is 11.7. The van der Waals surface area contributed by atoms with E-state index in [1.807, 2.05) is 78.9 Å². The normalized spacial score (nSPS) is 10.9. The predicted octanol–water partition coefficient (Wildman–Crippen LogP) is 9.88. The van der Waals surface area contributed by atoms with Gasteiger partial charge in [-0.1, -0.05) is 133 Å². The van der Waals surface area contributed by atoms with Crippen LogP contribution < -0.4 is 10.6 Å². The van der Waals surface area contributed by atoms with Gasteiger partial charge in [0.25, 0.3) is 0 Å². The maximum Gasteiger partial charge on any atom is 0.220 e. The van der Waals surface area contributed by atoms with E-state index in [0.29, 0.717) is 37.6 Å². The lowest BCUT2D eigenvalue weighted by Gasteiger charge is -2.10. The number of carbonyl (C=O) groups is 2. The van der Waals surface area contributed by atoms with Gasteiger partial charge in [-0.25, -0.2) is 0 Å². The molecule has 4 aromatic carbocycles. The van der Waals surface area contributed by atoms with Gasteiger partial charge in [-0.15, -0.1) is 20.4 Å². The second-order valence-electron chi connectivity index (χ2n) is 14.3. The lowest BCUT2D eigenvalue weighted by molar-refractivity contribution is -0.122. The van der Waals surface area contributed by atoms with Crippen molar-refractivity contribution in [1.82, 2.24) is 40.2 Å². The Hall–Kier alpha value is -4.95. The van der Waals surface area contributed by atoms with Crippen molar-refractivity contribution in [3.8, 4) is 11.4 Å². The molecule has 2 heterocycles. The highest BCUT2D eigenvalue weighted by molar-refractivity contribution is 7.99. The van der Waals surface area contributed by atoms with Gasteiger partial charge in [-0.2, -0.15) is 0 Å². The number of ether oxygens (including phenoxy) is 1. The van der Waals surface area contributed by atoms with Gasteiger partial charge in [0.15, 0.2) is 10.3 Å². The number of amides is 2. The van der Waals surface area contributed by atoms with Crippen molar-refractivity contribution in [3.05, 3.63) is 143 Å². The van der Waals surface area contributed by atoms with Crippen molar-refractivity contribution in [3.63, 3.8) is 0 Å². The molecule has 6 aromatic rings. The number of aromatic nitrogens is 6. The molecule has 2 N–H and O–H groups in total. The highest BCUT2D eigenvalue weighted by Crippen LogP contribution is 2.27. The van der Waals surface area contributed by atoms with Crippen LogP contribution in [0.2, 0.25) is 5.02 Å². The minimum absolute atomic E-state index is 0.0594. The number of benzene rings is 4. The minimum atomic E-state index is 0.0594. The zero-order valence-electron chi connectivity index (χ0n) is 35.2. The van der Waals surface area contributed by atoms with Crippen LogP contribution in [0.5, 0.6) is 0 Å². The molecule has 2 amide bonds. The third kappa shape index (κ3) is 16.4. The number of hydrogen-bond donors (Lipinski definition) is 2. The number of nitrogens with one attached hydrogen (secondary N) is 2. The number of rotatable bonds is 24. The molecule has 0 unspecified atom stereocenters. The van der Waals surface area contributed by atoms with Crippen LogP contribution in [0.25, 0.3) is 11.4 Å². The standard InChI is InChI=1S/C27H28N4OS.C20H29ClN4O2S/c32-26(28-20-22-12-4-1-5-13-22)19-11-10-18-25-29-30-27(31(25)24-16-8-3-9-17-24)33-21-23-14-6-2-7-15-23;1-3-4-14-28-20-24-23-18(25(20)17-9-7-8-16(21)15-17)10-5-6-11-19(26)22-12-13-27-2/h1-9,12-17H,10-11,18-21H2,(H,28,32);7-9,15H,3-6,10-14H2,1-2H3,(H,22,26). The van der Waals surface area contributed by atoms with Gasteiger partial charge >= 0.3 is 0 Å². The summed E-state index contributed by atoms with van der Waals surface area (Å²) >= 11 is 9.60. The van der Waals surface area contributed by atoms with Crippen LogP contribution in [0.15, 0.2) is 126 Å². The Kier molecular flexibility index (Phi) is 20.9. The summed E-state index contributed by atoms with van der Waals surface area (Å²) in [4.78, 5) is 24.0. The Balaban J connectivity index is 0.000000234. The number of nitrogens with zero attached hydrogens (tertiary/aromatic N) is 6. The fourth-order valence-electron chi connectivity index (χ4n) is 6.26. The molecular formula is C47H57ClN8O3S2. The van der Waals surface area contributed by atoms with Gasteiger partial charge in [0, 0.05) is 68.1 Å². The maximum absolute atomic E-state index is 12.2. The molecule has 61 heavy (non-hydrogen) atoms. The zero-order valence-corrected chi connectivity index (χ0v) is 37.6. The van der Waals surface area contributed by atoms with Crippen LogP contribution in [-0.4, -0.2) is 67.4 Å². The molecule has 14 heteroatoms. The monoisotopic (exact) mass is 880 g/mol. The van der Waals surface area contributed by atoms with Crippen LogP contribution >= 0.6 is 35.1 Å². The smallest absolute Gasteiger partial charge is 0.220 e. The summed E-state index contributed by atoms with van der Waals surface area (Å²) in [5, 5.41) is 26.1. The number of thioether (sulfide) groups is 2. The first-order chi connectivity index (χ1) is 29.9. The Morgan fingerprint density at radius 3 is 1.80 bits per heavy atom. The number of para-hydroxylation sites is 1. The fourth-order valence-corrected chi connectivity index (χ4v) is 8.42. The van der Waals surface area contributed by atoms with Gasteiger partial charge < -0.3 is 15.4 Å².